The van der Waals surface area contributed by atoms with Crippen LogP contribution in [0.5, 0.6) is 0 Å². The number of anilines is 2. The Bertz CT molecular complexity index is 901. The summed E-state index contributed by atoms with van der Waals surface area (Å²) in [5.74, 6) is -0.228. The number of rotatable bonds is 6. The molecule has 0 unspecified atom stereocenters. The summed E-state index contributed by atoms with van der Waals surface area (Å²) in [4.78, 5) is 24.3. The van der Waals surface area contributed by atoms with Crippen LogP contribution in [0.3, 0.4) is 0 Å². The van der Waals surface area contributed by atoms with Gasteiger partial charge in [-0.2, -0.15) is 4.37 Å². The molecule has 0 aliphatic heterocycles. The van der Waals surface area contributed by atoms with E-state index in [0.717, 1.165) is 10.6 Å². The molecule has 2 aromatic heterocycles. The maximum atomic E-state index is 12.4. The highest BCUT2D eigenvalue weighted by atomic mass is 32.1. The van der Waals surface area contributed by atoms with Crippen LogP contribution in [0.2, 0.25) is 0 Å². The van der Waals surface area contributed by atoms with Crippen molar-refractivity contribution in [2.24, 2.45) is 0 Å². The fourth-order valence-corrected chi connectivity index (χ4v) is 3.13. The number of carbonyl (C=O) groups is 2. The van der Waals surface area contributed by atoms with E-state index in [4.69, 9.17) is 4.42 Å². The summed E-state index contributed by atoms with van der Waals surface area (Å²) in [6, 6.07) is 10.5. The third-order valence-corrected chi connectivity index (χ3v) is 4.68. The molecule has 2 heterocycles. The lowest BCUT2D eigenvalue weighted by Gasteiger charge is -2.08. The monoisotopic (exact) mass is 370 g/mol. The Balaban J connectivity index is 1.58. The number of hydrogen-bond donors (Lipinski definition) is 3. The maximum absolute atomic E-state index is 12.4. The minimum atomic E-state index is -0.309. The molecular formula is C18H18N4O3S. The second kappa shape index (κ2) is 7.83. The Morgan fingerprint density at radius 2 is 1.92 bits per heavy atom. The highest BCUT2D eigenvalue weighted by Gasteiger charge is 2.17. The minimum Gasteiger partial charge on any atom is -0.459 e. The molecule has 2 amide bonds. The van der Waals surface area contributed by atoms with Crippen molar-refractivity contribution in [1.82, 2.24) is 9.69 Å². The van der Waals surface area contributed by atoms with Gasteiger partial charge in [-0.3, -0.25) is 9.59 Å². The molecular weight excluding hydrogens is 352 g/mol. The van der Waals surface area contributed by atoms with Crippen LogP contribution in [0.4, 0.5) is 10.7 Å². The van der Waals surface area contributed by atoms with Crippen LogP contribution in [0.25, 0.3) is 0 Å². The topological polar surface area (TPSA) is 96.3 Å². The van der Waals surface area contributed by atoms with Crippen molar-refractivity contribution in [2.45, 2.75) is 13.5 Å². The van der Waals surface area contributed by atoms with Crippen LogP contribution in [0, 0.1) is 6.92 Å². The molecule has 0 atom stereocenters. The Labute approximate surface area is 154 Å². The number of benzene rings is 1. The second-order valence-electron chi connectivity index (χ2n) is 5.53. The van der Waals surface area contributed by atoms with Crippen molar-refractivity contribution in [1.29, 1.82) is 0 Å². The first-order valence-corrected chi connectivity index (χ1v) is 8.72. The molecule has 3 aromatic rings. The predicted octanol–water partition coefficient (Wildman–Crippen LogP) is 3.27. The van der Waals surface area contributed by atoms with Gasteiger partial charge in [-0.05, 0) is 48.3 Å². The van der Waals surface area contributed by atoms with Crippen LogP contribution in [-0.2, 0) is 6.54 Å². The lowest BCUT2D eigenvalue weighted by atomic mass is 10.2. The first kappa shape index (κ1) is 17.7. The summed E-state index contributed by atoms with van der Waals surface area (Å²) in [6.07, 6.45) is 1.45. The van der Waals surface area contributed by atoms with Gasteiger partial charge in [0.15, 0.2) is 5.76 Å². The minimum absolute atomic E-state index is 0.171. The SMILES string of the molecule is CNc1snc(C)c1C(=O)NCc1ccc(NC(=O)c2ccco2)cc1. The Hall–Kier alpha value is -3.13. The number of hydrogen-bond acceptors (Lipinski definition) is 6. The third kappa shape index (κ3) is 3.92. The molecule has 0 aliphatic rings. The number of aryl methyl sites for hydroxylation is 1. The van der Waals surface area contributed by atoms with E-state index >= 15 is 0 Å². The van der Waals surface area contributed by atoms with E-state index < -0.39 is 0 Å². The number of amides is 2. The zero-order valence-electron chi connectivity index (χ0n) is 14.3. The third-order valence-electron chi connectivity index (χ3n) is 3.73. The molecule has 8 heteroatoms. The van der Waals surface area contributed by atoms with Crippen molar-refractivity contribution in [2.75, 3.05) is 17.7 Å². The highest BCUT2D eigenvalue weighted by Crippen LogP contribution is 2.23. The molecule has 0 bridgehead atoms. The Morgan fingerprint density at radius 1 is 1.15 bits per heavy atom. The van der Waals surface area contributed by atoms with E-state index in [1.807, 2.05) is 19.1 Å². The Morgan fingerprint density at radius 3 is 2.58 bits per heavy atom. The van der Waals surface area contributed by atoms with Gasteiger partial charge >= 0.3 is 0 Å². The number of nitrogens with one attached hydrogen (secondary N) is 3. The molecule has 0 radical (unpaired) electrons. The van der Waals surface area contributed by atoms with Gasteiger partial charge in [0.1, 0.15) is 5.00 Å². The number of nitrogens with zero attached hydrogens (tertiary/aromatic N) is 1. The zero-order valence-corrected chi connectivity index (χ0v) is 15.1. The molecule has 134 valence electrons. The lowest BCUT2D eigenvalue weighted by Crippen LogP contribution is -2.23. The predicted molar refractivity (Wildman–Crippen MR) is 101 cm³/mol. The maximum Gasteiger partial charge on any atom is 0.291 e. The quantitative estimate of drug-likeness (QED) is 0.619. The van der Waals surface area contributed by atoms with Gasteiger partial charge in [0.2, 0.25) is 0 Å². The first-order valence-electron chi connectivity index (χ1n) is 7.94. The molecule has 1 aromatic carbocycles. The fourth-order valence-electron chi connectivity index (χ4n) is 2.38. The van der Waals surface area contributed by atoms with Crippen molar-refractivity contribution < 1.29 is 14.0 Å². The van der Waals surface area contributed by atoms with Crippen molar-refractivity contribution in [3.8, 4) is 0 Å². The van der Waals surface area contributed by atoms with E-state index in [-0.39, 0.29) is 17.6 Å². The van der Waals surface area contributed by atoms with E-state index in [2.05, 4.69) is 20.3 Å². The molecule has 0 aliphatic carbocycles. The molecule has 7 nitrogen and oxygen atoms in total. The average molecular weight is 370 g/mol. The second-order valence-corrected chi connectivity index (χ2v) is 6.31. The fraction of sp³-hybridized carbons (Fsp3) is 0.167. The molecule has 0 saturated heterocycles. The van der Waals surface area contributed by atoms with Crippen molar-refractivity contribution >= 4 is 34.0 Å². The average Bonchev–Trinajstić information content (AvgIpc) is 3.30. The van der Waals surface area contributed by atoms with E-state index in [0.29, 0.717) is 23.5 Å². The van der Waals surface area contributed by atoms with E-state index in [1.54, 1.807) is 31.3 Å². The summed E-state index contributed by atoms with van der Waals surface area (Å²) >= 11 is 1.26. The van der Waals surface area contributed by atoms with Crippen LogP contribution in [0.15, 0.2) is 47.1 Å². The van der Waals surface area contributed by atoms with Gasteiger partial charge in [0, 0.05) is 19.3 Å². The van der Waals surface area contributed by atoms with Crippen LogP contribution in [0.1, 0.15) is 32.2 Å². The van der Waals surface area contributed by atoms with Gasteiger partial charge in [-0.25, -0.2) is 0 Å². The van der Waals surface area contributed by atoms with Gasteiger partial charge in [0.05, 0.1) is 17.5 Å². The molecule has 26 heavy (non-hydrogen) atoms. The Kier molecular flexibility index (Phi) is 5.33. The van der Waals surface area contributed by atoms with Crippen LogP contribution in [-0.4, -0.2) is 23.2 Å². The van der Waals surface area contributed by atoms with Crippen molar-refractivity contribution in [3.63, 3.8) is 0 Å². The molecule has 3 N–H and O–H groups in total. The van der Waals surface area contributed by atoms with Crippen LogP contribution < -0.4 is 16.0 Å². The standard InChI is InChI=1S/C18H18N4O3S/c1-11-15(18(19-2)26-22-11)17(24)20-10-12-5-7-13(8-6-12)21-16(23)14-4-3-9-25-14/h3-9,19H,10H2,1-2H3,(H,20,24)(H,21,23). The summed E-state index contributed by atoms with van der Waals surface area (Å²) in [6.45, 7) is 2.19. The first-order chi connectivity index (χ1) is 12.6. The van der Waals surface area contributed by atoms with E-state index in [9.17, 15) is 9.59 Å². The van der Waals surface area contributed by atoms with Crippen molar-refractivity contribution in [3.05, 3.63) is 65.2 Å². The summed E-state index contributed by atoms with van der Waals surface area (Å²) < 4.78 is 9.25. The van der Waals surface area contributed by atoms with Crippen LogP contribution >= 0.6 is 11.5 Å². The molecule has 0 fully saturated rings. The molecule has 0 spiro atoms. The number of carbonyl (C=O) groups excluding carboxylic acids is 2. The summed E-state index contributed by atoms with van der Waals surface area (Å²) in [7, 11) is 1.76. The normalized spacial score (nSPS) is 10.4. The largest absolute Gasteiger partial charge is 0.459 e. The zero-order chi connectivity index (χ0) is 18.5. The number of aromatic nitrogens is 1. The summed E-state index contributed by atoms with van der Waals surface area (Å²) in [5, 5.41) is 9.36. The van der Waals surface area contributed by atoms with Gasteiger partial charge in [-0.1, -0.05) is 12.1 Å². The van der Waals surface area contributed by atoms with Gasteiger partial charge < -0.3 is 20.4 Å². The van der Waals surface area contributed by atoms with E-state index in [1.165, 1.54) is 17.8 Å². The van der Waals surface area contributed by atoms with Gasteiger partial charge in [-0.15, -0.1) is 0 Å². The highest BCUT2D eigenvalue weighted by molar-refractivity contribution is 7.10. The number of furan rings is 1. The smallest absolute Gasteiger partial charge is 0.291 e. The molecule has 0 saturated carbocycles. The van der Waals surface area contributed by atoms with Gasteiger partial charge in [0.25, 0.3) is 11.8 Å². The summed E-state index contributed by atoms with van der Waals surface area (Å²) in [5.41, 5.74) is 2.84. The molecule has 3 rings (SSSR count). The lowest BCUT2D eigenvalue weighted by molar-refractivity contribution is 0.0950.